The molecule has 25 heavy (non-hydrogen) atoms. The van der Waals surface area contributed by atoms with Crippen molar-refractivity contribution in [3.05, 3.63) is 66.2 Å². The summed E-state index contributed by atoms with van der Waals surface area (Å²) in [6, 6.07) is 14.0. The van der Waals surface area contributed by atoms with Crippen LogP contribution in [0.25, 0.3) is 6.08 Å². The van der Waals surface area contributed by atoms with Crippen molar-refractivity contribution < 1.29 is 14.3 Å². The van der Waals surface area contributed by atoms with Crippen LogP contribution in [-0.2, 0) is 4.74 Å². The van der Waals surface area contributed by atoms with Gasteiger partial charge in [-0.15, -0.1) is 0 Å². The maximum atomic E-state index is 12.4. The molecule has 2 amide bonds. The minimum Gasteiger partial charge on any atom is -0.444 e. The van der Waals surface area contributed by atoms with Crippen molar-refractivity contribution in [3.8, 4) is 0 Å². The molecule has 2 rings (SSSR count). The third-order valence-corrected chi connectivity index (χ3v) is 3.22. The van der Waals surface area contributed by atoms with E-state index < -0.39 is 11.7 Å². The molecule has 2 aromatic rings. The molecule has 0 heterocycles. The largest absolute Gasteiger partial charge is 0.444 e. The molecule has 5 nitrogen and oxygen atoms in total. The summed E-state index contributed by atoms with van der Waals surface area (Å²) in [6.07, 6.45) is 1.13. The van der Waals surface area contributed by atoms with Gasteiger partial charge in [-0.25, -0.2) is 4.79 Å². The Morgan fingerprint density at radius 2 is 1.52 bits per heavy atom. The van der Waals surface area contributed by atoms with Crippen LogP contribution < -0.4 is 10.6 Å². The quantitative estimate of drug-likeness (QED) is 0.830. The first-order valence-corrected chi connectivity index (χ1v) is 7.91. The zero-order valence-corrected chi connectivity index (χ0v) is 14.6. The van der Waals surface area contributed by atoms with Gasteiger partial charge < -0.3 is 10.1 Å². The van der Waals surface area contributed by atoms with Gasteiger partial charge >= 0.3 is 6.09 Å². The SMILES string of the molecule is C=Cc1ccc(C(=O)Nc2ccccc2NC(=O)OC(C)(C)C)cc1. The minimum atomic E-state index is -0.602. The van der Waals surface area contributed by atoms with Gasteiger partial charge in [0.25, 0.3) is 5.91 Å². The molecule has 5 heteroatoms. The van der Waals surface area contributed by atoms with Crippen LogP contribution in [0.2, 0.25) is 0 Å². The molecule has 0 aliphatic rings. The summed E-state index contributed by atoms with van der Waals surface area (Å²) in [5.74, 6) is -0.269. The zero-order chi connectivity index (χ0) is 18.4. The van der Waals surface area contributed by atoms with Crippen molar-refractivity contribution in [2.75, 3.05) is 10.6 Å². The van der Waals surface area contributed by atoms with E-state index in [-0.39, 0.29) is 5.91 Å². The second-order valence-electron chi connectivity index (χ2n) is 6.45. The van der Waals surface area contributed by atoms with Gasteiger partial charge in [0.1, 0.15) is 5.60 Å². The lowest BCUT2D eigenvalue weighted by Crippen LogP contribution is -2.27. The molecule has 0 radical (unpaired) electrons. The normalized spacial score (nSPS) is 10.7. The predicted octanol–water partition coefficient (Wildman–Crippen LogP) is 4.93. The van der Waals surface area contributed by atoms with Gasteiger partial charge in [-0.2, -0.15) is 0 Å². The molecule has 0 aliphatic heterocycles. The van der Waals surface area contributed by atoms with Crippen molar-refractivity contribution in [3.63, 3.8) is 0 Å². The Bertz CT molecular complexity index is 774. The fourth-order valence-electron chi connectivity index (χ4n) is 2.08. The number of benzene rings is 2. The molecule has 0 fully saturated rings. The first kappa shape index (κ1) is 18.3. The van der Waals surface area contributed by atoms with Crippen LogP contribution >= 0.6 is 0 Å². The Labute approximate surface area is 147 Å². The van der Waals surface area contributed by atoms with Gasteiger partial charge in [-0.1, -0.05) is 36.9 Å². The van der Waals surface area contributed by atoms with Gasteiger partial charge in [0.2, 0.25) is 0 Å². The van der Waals surface area contributed by atoms with E-state index in [1.54, 1.807) is 63.2 Å². The van der Waals surface area contributed by atoms with Crippen LogP contribution in [0.1, 0.15) is 36.7 Å². The van der Waals surface area contributed by atoms with E-state index in [0.29, 0.717) is 16.9 Å². The second-order valence-corrected chi connectivity index (χ2v) is 6.45. The lowest BCUT2D eigenvalue weighted by Gasteiger charge is -2.20. The fourth-order valence-corrected chi connectivity index (χ4v) is 2.08. The van der Waals surface area contributed by atoms with Gasteiger partial charge in [0.15, 0.2) is 0 Å². The highest BCUT2D eigenvalue weighted by molar-refractivity contribution is 6.06. The number of para-hydroxylation sites is 2. The molecule has 130 valence electrons. The van der Waals surface area contributed by atoms with Crippen LogP contribution in [0.4, 0.5) is 16.2 Å². The Morgan fingerprint density at radius 3 is 2.04 bits per heavy atom. The molecule has 0 spiro atoms. The van der Waals surface area contributed by atoms with E-state index in [0.717, 1.165) is 5.56 Å². The molecule has 0 bridgehead atoms. The number of nitrogens with one attached hydrogen (secondary N) is 2. The summed E-state index contributed by atoms with van der Waals surface area (Å²) in [4.78, 5) is 24.4. The highest BCUT2D eigenvalue weighted by atomic mass is 16.6. The molecule has 0 aliphatic carbocycles. The number of hydrogen-bond acceptors (Lipinski definition) is 3. The lowest BCUT2D eigenvalue weighted by atomic mass is 10.1. The number of amides is 2. The lowest BCUT2D eigenvalue weighted by molar-refractivity contribution is 0.0635. The summed E-state index contributed by atoms with van der Waals surface area (Å²) in [5, 5.41) is 5.45. The Balaban J connectivity index is 2.12. The summed E-state index contributed by atoms with van der Waals surface area (Å²) >= 11 is 0. The third-order valence-electron chi connectivity index (χ3n) is 3.22. The summed E-state index contributed by atoms with van der Waals surface area (Å²) in [5.41, 5.74) is 1.80. The number of carbonyl (C=O) groups excluding carboxylic acids is 2. The second kappa shape index (κ2) is 7.66. The van der Waals surface area contributed by atoms with Gasteiger partial charge in [-0.3, -0.25) is 10.1 Å². The molecule has 0 unspecified atom stereocenters. The highest BCUT2D eigenvalue weighted by Crippen LogP contribution is 2.23. The smallest absolute Gasteiger partial charge is 0.412 e. The third kappa shape index (κ3) is 5.49. The summed E-state index contributed by atoms with van der Waals surface area (Å²) in [7, 11) is 0. The average Bonchev–Trinajstić information content (AvgIpc) is 2.55. The standard InChI is InChI=1S/C20H22N2O3/c1-5-14-10-12-15(13-11-14)18(23)21-16-8-6-7-9-17(16)22-19(24)25-20(2,3)4/h5-13H,1H2,2-4H3,(H,21,23)(H,22,24). The Morgan fingerprint density at radius 1 is 0.960 bits per heavy atom. The Hall–Kier alpha value is -3.08. The van der Waals surface area contributed by atoms with E-state index in [1.807, 2.05) is 12.1 Å². The van der Waals surface area contributed by atoms with Gasteiger partial charge in [-0.05, 0) is 50.6 Å². The molecule has 0 atom stereocenters. The van der Waals surface area contributed by atoms with Gasteiger partial charge in [0.05, 0.1) is 11.4 Å². The fraction of sp³-hybridized carbons (Fsp3) is 0.200. The van der Waals surface area contributed by atoms with E-state index in [4.69, 9.17) is 4.74 Å². The van der Waals surface area contributed by atoms with E-state index >= 15 is 0 Å². The summed E-state index contributed by atoms with van der Waals surface area (Å²) < 4.78 is 5.24. The van der Waals surface area contributed by atoms with Crippen LogP contribution in [0, 0.1) is 0 Å². The molecule has 2 aromatic carbocycles. The maximum Gasteiger partial charge on any atom is 0.412 e. The van der Waals surface area contributed by atoms with Crippen LogP contribution in [0.5, 0.6) is 0 Å². The number of carbonyl (C=O) groups is 2. The minimum absolute atomic E-state index is 0.269. The molecular weight excluding hydrogens is 316 g/mol. The average molecular weight is 338 g/mol. The molecular formula is C20H22N2O3. The maximum absolute atomic E-state index is 12.4. The molecule has 0 saturated heterocycles. The van der Waals surface area contributed by atoms with Crippen LogP contribution in [-0.4, -0.2) is 17.6 Å². The van der Waals surface area contributed by atoms with Crippen molar-refractivity contribution in [1.82, 2.24) is 0 Å². The molecule has 2 N–H and O–H groups in total. The summed E-state index contributed by atoms with van der Waals surface area (Å²) in [6.45, 7) is 9.04. The van der Waals surface area contributed by atoms with E-state index in [1.165, 1.54) is 0 Å². The van der Waals surface area contributed by atoms with Crippen molar-refractivity contribution >= 4 is 29.5 Å². The van der Waals surface area contributed by atoms with Crippen LogP contribution in [0.3, 0.4) is 0 Å². The van der Waals surface area contributed by atoms with Crippen molar-refractivity contribution in [2.45, 2.75) is 26.4 Å². The van der Waals surface area contributed by atoms with E-state index in [2.05, 4.69) is 17.2 Å². The predicted molar refractivity (Wildman–Crippen MR) is 101 cm³/mol. The molecule has 0 aromatic heterocycles. The molecule has 0 saturated carbocycles. The number of rotatable bonds is 4. The number of anilines is 2. The van der Waals surface area contributed by atoms with Crippen molar-refractivity contribution in [2.24, 2.45) is 0 Å². The zero-order valence-electron chi connectivity index (χ0n) is 14.6. The Kier molecular flexibility index (Phi) is 5.60. The van der Waals surface area contributed by atoms with Crippen LogP contribution in [0.15, 0.2) is 55.1 Å². The van der Waals surface area contributed by atoms with E-state index in [9.17, 15) is 9.59 Å². The number of ether oxygens (including phenoxy) is 1. The highest BCUT2D eigenvalue weighted by Gasteiger charge is 2.17. The first-order valence-electron chi connectivity index (χ1n) is 7.91. The van der Waals surface area contributed by atoms with Gasteiger partial charge in [0, 0.05) is 5.56 Å². The van der Waals surface area contributed by atoms with Crippen molar-refractivity contribution in [1.29, 1.82) is 0 Å². The first-order chi connectivity index (χ1) is 11.8. The topological polar surface area (TPSA) is 67.4 Å². The monoisotopic (exact) mass is 338 g/mol. The number of hydrogen-bond donors (Lipinski definition) is 2.